The second kappa shape index (κ2) is 8.55. The molecule has 0 spiro atoms. The van der Waals surface area contributed by atoms with Gasteiger partial charge in [-0.2, -0.15) is 0 Å². The molecule has 4 nitrogen and oxygen atoms in total. The molecule has 110 valence electrons. The lowest BCUT2D eigenvalue weighted by Crippen LogP contribution is -2.43. The van der Waals surface area contributed by atoms with Gasteiger partial charge >= 0.3 is 0 Å². The van der Waals surface area contributed by atoms with Crippen molar-refractivity contribution in [3.63, 3.8) is 0 Å². The Morgan fingerprint density at radius 2 is 2.15 bits per heavy atom. The first kappa shape index (κ1) is 16.5. The summed E-state index contributed by atoms with van der Waals surface area (Å²) >= 11 is 5.35. The van der Waals surface area contributed by atoms with Crippen molar-refractivity contribution < 1.29 is 9.84 Å². The third-order valence-electron chi connectivity index (χ3n) is 2.55. The standard InChI is InChI=1S/C15H22N2O2S/c1-4-10-16-15(20)17(11-12(3)18)13-6-8-14(9-7-13)19-5-2/h4,6-9,12,18H,1,5,10-11H2,2-3H3,(H,16,20)/t12-/m0/s1. The molecule has 1 aromatic carbocycles. The van der Waals surface area contributed by atoms with Crippen molar-refractivity contribution in [3.8, 4) is 5.75 Å². The van der Waals surface area contributed by atoms with Crippen LogP contribution in [0.1, 0.15) is 13.8 Å². The molecule has 0 amide bonds. The Morgan fingerprint density at radius 3 is 2.65 bits per heavy atom. The Balaban J connectivity index is 2.85. The molecule has 0 fully saturated rings. The highest BCUT2D eigenvalue weighted by molar-refractivity contribution is 7.80. The van der Waals surface area contributed by atoms with E-state index in [1.54, 1.807) is 13.0 Å². The molecule has 1 aromatic rings. The quantitative estimate of drug-likeness (QED) is 0.597. The van der Waals surface area contributed by atoms with Crippen LogP contribution in [0.2, 0.25) is 0 Å². The van der Waals surface area contributed by atoms with Crippen LogP contribution in [-0.4, -0.2) is 36.0 Å². The third-order valence-corrected chi connectivity index (χ3v) is 2.91. The number of benzene rings is 1. The van der Waals surface area contributed by atoms with Crippen molar-refractivity contribution in [1.82, 2.24) is 5.32 Å². The van der Waals surface area contributed by atoms with Crippen molar-refractivity contribution in [1.29, 1.82) is 0 Å². The fourth-order valence-corrected chi connectivity index (χ4v) is 1.98. The second-order valence-electron chi connectivity index (χ2n) is 4.36. The van der Waals surface area contributed by atoms with Crippen molar-refractivity contribution in [2.24, 2.45) is 0 Å². The minimum absolute atomic E-state index is 0.428. The van der Waals surface area contributed by atoms with Crippen molar-refractivity contribution >= 4 is 23.0 Å². The number of hydrogen-bond donors (Lipinski definition) is 2. The molecule has 0 unspecified atom stereocenters. The molecule has 0 saturated carbocycles. The first-order valence-corrected chi connectivity index (χ1v) is 7.06. The van der Waals surface area contributed by atoms with Gasteiger partial charge in [0.15, 0.2) is 5.11 Å². The van der Waals surface area contributed by atoms with E-state index in [2.05, 4.69) is 11.9 Å². The smallest absolute Gasteiger partial charge is 0.173 e. The molecule has 0 aliphatic heterocycles. The van der Waals surface area contributed by atoms with Crippen LogP contribution in [0.15, 0.2) is 36.9 Å². The molecule has 0 aliphatic carbocycles. The van der Waals surface area contributed by atoms with Gasteiger partial charge in [-0.3, -0.25) is 0 Å². The van der Waals surface area contributed by atoms with Gasteiger partial charge in [-0.05, 0) is 50.3 Å². The lowest BCUT2D eigenvalue weighted by molar-refractivity contribution is 0.204. The van der Waals surface area contributed by atoms with Gasteiger partial charge in [0.25, 0.3) is 0 Å². The topological polar surface area (TPSA) is 44.7 Å². The summed E-state index contributed by atoms with van der Waals surface area (Å²) in [6, 6.07) is 7.64. The predicted molar refractivity (Wildman–Crippen MR) is 87.4 cm³/mol. The molecule has 0 heterocycles. The minimum atomic E-state index is -0.481. The molecule has 0 bridgehead atoms. The molecule has 5 heteroatoms. The first-order valence-electron chi connectivity index (χ1n) is 6.65. The highest BCUT2D eigenvalue weighted by Crippen LogP contribution is 2.20. The second-order valence-corrected chi connectivity index (χ2v) is 4.75. The zero-order valence-electron chi connectivity index (χ0n) is 12.0. The SMILES string of the molecule is C=CCNC(=S)N(C[C@H](C)O)c1ccc(OCC)cc1. The molecule has 1 rings (SSSR count). The molecule has 0 radical (unpaired) electrons. The zero-order valence-corrected chi connectivity index (χ0v) is 12.8. The van der Waals surface area contributed by atoms with E-state index in [4.69, 9.17) is 17.0 Å². The fourth-order valence-electron chi connectivity index (χ4n) is 1.71. The van der Waals surface area contributed by atoms with Crippen LogP contribution in [0.4, 0.5) is 5.69 Å². The summed E-state index contributed by atoms with van der Waals surface area (Å²) in [6.07, 6.45) is 1.26. The van der Waals surface area contributed by atoms with Gasteiger partial charge in [-0.25, -0.2) is 0 Å². The molecule has 0 saturated heterocycles. The summed E-state index contributed by atoms with van der Waals surface area (Å²) in [5, 5.41) is 13.3. The van der Waals surface area contributed by atoms with Crippen LogP contribution in [0.5, 0.6) is 5.75 Å². The van der Waals surface area contributed by atoms with E-state index in [1.807, 2.05) is 36.1 Å². The Labute approximate surface area is 126 Å². The Hall–Kier alpha value is -1.59. The Kier molecular flexibility index (Phi) is 7.04. The molecular formula is C15H22N2O2S. The van der Waals surface area contributed by atoms with Gasteiger partial charge in [0.05, 0.1) is 19.3 Å². The van der Waals surface area contributed by atoms with Gasteiger partial charge in [0.2, 0.25) is 0 Å². The monoisotopic (exact) mass is 294 g/mol. The summed E-state index contributed by atoms with van der Waals surface area (Å²) in [5.74, 6) is 0.818. The largest absolute Gasteiger partial charge is 0.494 e. The fraction of sp³-hybridized carbons (Fsp3) is 0.400. The number of hydrogen-bond acceptors (Lipinski definition) is 3. The van der Waals surface area contributed by atoms with Crippen LogP contribution < -0.4 is 15.0 Å². The summed E-state index contributed by atoms with van der Waals surface area (Å²) in [5.41, 5.74) is 0.913. The molecule has 0 aromatic heterocycles. The van der Waals surface area contributed by atoms with Crippen LogP contribution in [-0.2, 0) is 0 Å². The molecule has 0 aliphatic rings. The number of rotatable bonds is 7. The van der Waals surface area contributed by atoms with E-state index >= 15 is 0 Å². The molecule has 2 N–H and O–H groups in total. The van der Waals surface area contributed by atoms with Crippen molar-refractivity contribution in [2.45, 2.75) is 20.0 Å². The summed E-state index contributed by atoms with van der Waals surface area (Å²) in [6.45, 7) is 8.98. The van der Waals surface area contributed by atoms with E-state index in [0.717, 1.165) is 11.4 Å². The van der Waals surface area contributed by atoms with Gasteiger partial charge in [-0.1, -0.05) is 6.08 Å². The summed E-state index contributed by atoms with van der Waals surface area (Å²) in [4.78, 5) is 1.86. The Bertz CT molecular complexity index is 432. The normalized spacial score (nSPS) is 11.6. The lowest BCUT2D eigenvalue weighted by atomic mass is 10.2. The first-order chi connectivity index (χ1) is 9.58. The van der Waals surface area contributed by atoms with Crippen molar-refractivity contribution in [2.75, 3.05) is 24.6 Å². The lowest BCUT2D eigenvalue weighted by Gasteiger charge is -2.27. The number of aliphatic hydroxyl groups excluding tert-OH is 1. The minimum Gasteiger partial charge on any atom is -0.494 e. The van der Waals surface area contributed by atoms with Crippen LogP contribution in [0, 0.1) is 0 Å². The highest BCUT2D eigenvalue weighted by Gasteiger charge is 2.14. The number of ether oxygens (including phenoxy) is 1. The average Bonchev–Trinajstić information content (AvgIpc) is 2.43. The van der Waals surface area contributed by atoms with Gasteiger partial charge < -0.3 is 20.1 Å². The van der Waals surface area contributed by atoms with E-state index in [9.17, 15) is 5.11 Å². The van der Waals surface area contributed by atoms with Crippen molar-refractivity contribution in [3.05, 3.63) is 36.9 Å². The molecule has 20 heavy (non-hydrogen) atoms. The average molecular weight is 294 g/mol. The summed E-state index contributed by atoms with van der Waals surface area (Å²) in [7, 11) is 0. The highest BCUT2D eigenvalue weighted by atomic mass is 32.1. The van der Waals surface area contributed by atoms with E-state index in [0.29, 0.717) is 24.8 Å². The Morgan fingerprint density at radius 1 is 1.50 bits per heavy atom. The molecule has 1 atom stereocenters. The molecular weight excluding hydrogens is 272 g/mol. The zero-order chi connectivity index (χ0) is 15.0. The summed E-state index contributed by atoms with van der Waals surface area (Å²) < 4.78 is 5.42. The van der Waals surface area contributed by atoms with Crippen LogP contribution in [0.25, 0.3) is 0 Å². The van der Waals surface area contributed by atoms with Crippen LogP contribution in [0.3, 0.4) is 0 Å². The number of nitrogens with zero attached hydrogens (tertiary/aromatic N) is 1. The number of anilines is 1. The van der Waals surface area contributed by atoms with E-state index in [-0.39, 0.29) is 0 Å². The number of nitrogens with one attached hydrogen (secondary N) is 1. The number of thiocarbonyl (C=S) groups is 1. The van der Waals surface area contributed by atoms with Gasteiger partial charge in [0, 0.05) is 12.2 Å². The maximum Gasteiger partial charge on any atom is 0.173 e. The van der Waals surface area contributed by atoms with E-state index in [1.165, 1.54) is 0 Å². The van der Waals surface area contributed by atoms with Gasteiger partial charge in [-0.15, -0.1) is 6.58 Å². The van der Waals surface area contributed by atoms with E-state index < -0.39 is 6.10 Å². The number of aliphatic hydroxyl groups is 1. The van der Waals surface area contributed by atoms with Gasteiger partial charge in [0.1, 0.15) is 5.75 Å². The van der Waals surface area contributed by atoms with Crippen LogP contribution >= 0.6 is 12.2 Å². The maximum atomic E-state index is 9.62. The maximum absolute atomic E-state index is 9.62. The third kappa shape index (κ3) is 5.19. The predicted octanol–water partition coefficient (Wildman–Crippen LogP) is 2.33.